The molecule has 0 radical (unpaired) electrons. The van der Waals surface area contributed by atoms with Crippen LogP contribution >= 0.6 is 15.9 Å². The van der Waals surface area contributed by atoms with Crippen LogP contribution in [0.1, 0.15) is 11.1 Å². The van der Waals surface area contributed by atoms with Crippen molar-refractivity contribution in [2.45, 2.75) is 19.1 Å². The molecule has 2 N–H and O–H groups in total. The number of nitrogens with two attached hydrogens (primary N) is 1. The molecule has 0 saturated heterocycles. The average Bonchev–Trinajstić information content (AvgIpc) is 2.60. The van der Waals surface area contributed by atoms with Gasteiger partial charge in [0.2, 0.25) is 0 Å². The third kappa shape index (κ3) is 4.97. The summed E-state index contributed by atoms with van der Waals surface area (Å²) < 4.78 is 16.8. The summed E-state index contributed by atoms with van der Waals surface area (Å²) in [6.07, 6.45) is 0.391. The van der Waals surface area contributed by atoms with Gasteiger partial charge in [0.25, 0.3) is 0 Å². The number of benzene rings is 2. The molecule has 24 heavy (non-hydrogen) atoms. The second-order valence-corrected chi connectivity index (χ2v) is 6.14. The van der Waals surface area contributed by atoms with E-state index < -0.39 is 12.0 Å². The summed E-state index contributed by atoms with van der Waals surface area (Å²) in [6.45, 7) is 0.353. The predicted octanol–water partition coefficient (Wildman–Crippen LogP) is 3.08. The van der Waals surface area contributed by atoms with E-state index in [1.54, 1.807) is 7.11 Å². The minimum atomic E-state index is -0.691. The van der Waals surface area contributed by atoms with Crippen molar-refractivity contribution in [3.05, 3.63) is 58.1 Å². The van der Waals surface area contributed by atoms with E-state index in [2.05, 4.69) is 20.7 Å². The van der Waals surface area contributed by atoms with Crippen LogP contribution in [0.15, 0.2) is 46.9 Å². The maximum Gasteiger partial charge on any atom is 0.322 e. The molecule has 2 rings (SSSR count). The molecule has 0 heterocycles. The molecule has 1 unspecified atom stereocenters. The lowest BCUT2D eigenvalue weighted by Crippen LogP contribution is -2.33. The van der Waals surface area contributed by atoms with Gasteiger partial charge in [0.15, 0.2) is 0 Å². The second kappa shape index (κ2) is 8.70. The van der Waals surface area contributed by atoms with Gasteiger partial charge < -0.3 is 19.9 Å². The predicted molar refractivity (Wildman–Crippen MR) is 95.2 cm³/mol. The van der Waals surface area contributed by atoms with Crippen molar-refractivity contribution in [2.75, 3.05) is 14.2 Å². The van der Waals surface area contributed by atoms with E-state index in [4.69, 9.17) is 15.2 Å². The number of carbonyl (C=O) groups excluding carboxylic acids is 1. The minimum Gasteiger partial charge on any atom is -0.496 e. The Labute approximate surface area is 149 Å². The molecule has 2 aromatic rings. The highest BCUT2D eigenvalue weighted by Gasteiger charge is 2.15. The highest BCUT2D eigenvalue weighted by molar-refractivity contribution is 9.10. The molecule has 0 aromatic heterocycles. The molecule has 6 heteroatoms. The second-order valence-electron chi connectivity index (χ2n) is 5.22. The van der Waals surface area contributed by atoms with E-state index in [-0.39, 0.29) is 0 Å². The van der Waals surface area contributed by atoms with Crippen LogP contribution in [-0.2, 0) is 22.6 Å². The summed E-state index contributed by atoms with van der Waals surface area (Å²) in [6, 6.07) is 12.6. The molecule has 0 aliphatic heterocycles. The van der Waals surface area contributed by atoms with E-state index in [1.165, 1.54) is 7.11 Å². The molecule has 0 aliphatic rings. The molecule has 0 aliphatic carbocycles. The van der Waals surface area contributed by atoms with Gasteiger partial charge in [-0.2, -0.15) is 0 Å². The average molecular weight is 394 g/mol. The van der Waals surface area contributed by atoms with Crippen LogP contribution in [0.5, 0.6) is 11.5 Å². The number of hydrogen-bond donors (Lipinski definition) is 1. The van der Waals surface area contributed by atoms with E-state index in [0.29, 0.717) is 13.0 Å². The van der Waals surface area contributed by atoms with Gasteiger partial charge in [-0.25, -0.2) is 0 Å². The molecular formula is C18H20BrNO4. The van der Waals surface area contributed by atoms with Crippen LogP contribution in [0.2, 0.25) is 0 Å². The van der Waals surface area contributed by atoms with E-state index in [9.17, 15) is 4.79 Å². The fraction of sp³-hybridized carbons (Fsp3) is 0.278. The van der Waals surface area contributed by atoms with Crippen molar-refractivity contribution in [2.24, 2.45) is 5.73 Å². The zero-order chi connectivity index (χ0) is 17.5. The molecule has 2 aromatic carbocycles. The normalized spacial score (nSPS) is 11.7. The van der Waals surface area contributed by atoms with E-state index >= 15 is 0 Å². The van der Waals surface area contributed by atoms with Crippen LogP contribution in [-0.4, -0.2) is 26.2 Å². The number of hydrogen-bond acceptors (Lipinski definition) is 5. The molecule has 0 fully saturated rings. The van der Waals surface area contributed by atoms with E-state index in [1.807, 2.05) is 42.5 Å². The lowest BCUT2D eigenvalue weighted by molar-refractivity contribution is -0.142. The first-order chi connectivity index (χ1) is 11.5. The lowest BCUT2D eigenvalue weighted by atomic mass is 10.0. The number of ether oxygens (including phenoxy) is 3. The summed E-state index contributed by atoms with van der Waals surface area (Å²) in [5.41, 5.74) is 7.62. The fourth-order valence-corrected chi connectivity index (χ4v) is 2.52. The minimum absolute atomic E-state index is 0.353. The monoisotopic (exact) mass is 393 g/mol. The third-order valence-electron chi connectivity index (χ3n) is 3.51. The SMILES string of the molecule is COC(=O)C(N)Cc1ccc(OC)c(COc2ccc(Br)cc2)c1. The zero-order valence-electron chi connectivity index (χ0n) is 13.6. The van der Waals surface area contributed by atoms with Crippen LogP contribution in [0.3, 0.4) is 0 Å². The molecule has 1 atom stereocenters. The maximum absolute atomic E-state index is 11.5. The van der Waals surface area contributed by atoms with Gasteiger partial charge >= 0.3 is 5.97 Å². The largest absolute Gasteiger partial charge is 0.496 e. The first-order valence-corrected chi connectivity index (χ1v) is 8.20. The standard InChI is InChI=1S/C18H20BrNO4/c1-22-17-8-3-12(10-16(20)18(21)23-2)9-13(17)11-24-15-6-4-14(19)5-7-15/h3-9,16H,10-11,20H2,1-2H3. The number of esters is 1. The number of rotatable bonds is 7. The van der Waals surface area contributed by atoms with Gasteiger partial charge in [0.05, 0.1) is 14.2 Å². The van der Waals surface area contributed by atoms with Crippen LogP contribution in [0.25, 0.3) is 0 Å². The molecule has 0 spiro atoms. The Balaban J connectivity index is 2.10. The zero-order valence-corrected chi connectivity index (χ0v) is 15.2. The van der Waals surface area contributed by atoms with Crippen molar-refractivity contribution in [1.82, 2.24) is 0 Å². The van der Waals surface area contributed by atoms with Gasteiger partial charge in [-0.15, -0.1) is 0 Å². The van der Waals surface area contributed by atoms with Crippen molar-refractivity contribution in [1.29, 1.82) is 0 Å². The van der Waals surface area contributed by atoms with Crippen molar-refractivity contribution >= 4 is 21.9 Å². The smallest absolute Gasteiger partial charge is 0.322 e. The van der Waals surface area contributed by atoms with Gasteiger partial charge in [0, 0.05) is 10.0 Å². The Bertz CT molecular complexity index is 688. The summed E-state index contributed by atoms with van der Waals surface area (Å²) >= 11 is 3.39. The van der Waals surface area contributed by atoms with Gasteiger partial charge in [0.1, 0.15) is 24.1 Å². The Morgan fingerprint density at radius 2 is 1.88 bits per heavy atom. The van der Waals surface area contributed by atoms with Crippen LogP contribution in [0, 0.1) is 0 Å². The van der Waals surface area contributed by atoms with Crippen LogP contribution < -0.4 is 15.2 Å². The Morgan fingerprint density at radius 1 is 1.17 bits per heavy atom. The summed E-state index contributed by atoms with van der Waals surface area (Å²) in [7, 11) is 2.94. The quantitative estimate of drug-likeness (QED) is 0.731. The van der Waals surface area contributed by atoms with Gasteiger partial charge in [-0.05, 0) is 48.4 Å². The Morgan fingerprint density at radius 3 is 2.50 bits per heavy atom. The summed E-state index contributed by atoms with van der Waals surface area (Å²) in [5, 5.41) is 0. The molecule has 5 nitrogen and oxygen atoms in total. The number of methoxy groups -OCH3 is 2. The third-order valence-corrected chi connectivity index (χ3v) is 4.04. The molecule has 0 amide bonds. The molecule has 0 bridgehead atoms. The molecule has 0 saturated carbocycles. The molecule has 128 valence electrons. The first-order valence-electron chi connectivity index (χ1n) is 7.41. The first kappa shape index (κ1) is 18.3. The summed E-state index contributed by atoms with van der Waals surface area (Å²) in [5.74, 6) is 1.05. The summed E-state index contributed by atoms with van der Waals surface area (Å²) in [4.78, 5) is 11.5. The van der Waals surface area contributed by atoms with Gasteiger partial charge in [-0.1, -0.05) is 22.0 Å². The van der Waals surface area contributed by atoms with Gasteiger partial charge in [-0.3, -0.25) is 4.79 Å². The topological polar surface area (TPSA) is 70.8 Å². The Hall–Kier alpha value is -2.05. The van der Waals surface area contributed by atoms with Crippen molar-refractivity contribution in [3.8, 4) is 11.5 Å². The van der Waals surface area contributed by atoms with Crippen molar-refractivity contribution < 1.29 is 19.0 Å². The van der Waals surface area contributed by atoms with Crippen LogP contribution in [0.4, 0.5) is 0 Å². The number of carbonyl (C=O) groups is 1. The van der Waals surface area contributed by atoms with Crippen molar-refractivity contribution in [3.63, 3.8) is 0 Å². The highest BCUT2D eigenvalue weighted by Crippen LogP contribution is 2.23. The van der Waals surface area contributed by atoms with E-state index in [0.717, 1.165) is 27.1 Å². The molecular weight excluding hydrogens is 374 g/mol. The highest BCUT2D eigenvalue weighted by atomic mass is 79.9. The fourth-order valence-electron chi connectivity index (χ4n) is 2.25. The lowest BCUT2D eigenvalue weighted by Gasteiger charge is -2.14. The number of halogens is 1. The Kier molecular flexibility index (Phi) is 6.63. The maximum atomic E-state index is 11.5.